The molecule has 0 spiro atoms. The molecule has 2 aliphatic rings. The Kier molecular flexibility index (Phi) is 2.20. The summed E-state index contributed by atoms with van der Waals surface area (Å²) in [5, 5.41) is 2.61. The smallest absolute Gasteiger partial charge is 0.160 e. The lowest BCUT2D eigenvalue weighted by Crippen LogP contribution is -2.21. The number of aliphatic imine (C=N–C) groups is 1. The van der Waals surface area contributed by atoms with Crippen molar-refractivity contribution >= 4 is 38.4 Å². The summed E-state index contributed by atoms with van der Waals surface area (Å²) in [6, 6.07) is 11.3. The normalized spacial score (nSPS) is 23.2. The van der Waals surface area contributed by atoms with Crippen LogP contribution in [0.3, 0.4) is 0 Å². The van der Waals surface area contributed by atoms with Crippen LogP contribution in [0.15, 0.2) is 35.3 Å². The second-order valence-corrected chi connectivity index (χ2v) is 6.59. The molecule has 1 fully saturated rings. The molecule has 0 N–H and O–H groups in total. The van der Waals surface area contributed by atoms with Crippen molar-refractivity contribution in [2.24, 2.45) is 4.99 Å². The highest BCUT2D eigenvalue weighted by Gasteiger charge is 2.30. The number of hydrogen-bond acceptors (Lipinski definition) is 4. The van der Waals surface area contributed by atoms with E-state index in [2.05, 4.69) is 35.2 Å². The van der Waals surface area contributed by atoms with E-state index in [1.807, 2.05) is 23.1 Å². The van der Waals surface area contributed by atoms with Crippen LogP contribution in [-0.4, -0.2) is 28.9 Å². The molecule has 86 valence electrons. The largest absolute Gasteiger partial charge is 0.348 e. The van der Waals surface area contributed by atoms with Gasteiger partial charge < -0.3 is 4.90 Å². The molecule has 2 aromatic rings. The number of rotatable bonds is 1. The molecular weight excluding hydrogens is 248 g/mol. The summed E-state index contributed by atoms with van der Waals surface area (Å²) in [5.41, 5.74) is 0. The first-order valence-corrected chi connectivity index (χ1v) is 7.64. The van der Waals surface area contributed by atoms with Gasteiger partial charge in [-0.1, -0.05) is 30.0 Å². The quantitative estimate of drug-likeness (QED) is 0.781. The highest BCUT2D eigenvalue weighted by molar-refractivity contribution is 8.14. The van der Waals surface area contributed by atoms with Crippen LogP contribution in [0.25, 0.3) is 10.1 Å². The van der Waals surface area contributed by atoms with Crippen molar-refractivity contribution < 1.29 is 0 Å². The van der Waals surface area contributed by atoms with Gasteiger partial charge in [-0.05, 0) is 17.5 Å². The lowest BCUT2D eigenvalue weighted by Gasteiger charge is -2.11. The molecule has 17 heavy (non-hydrogen) atoms. The monoisotopic (exact) mass is 260 g/mol. The zero-order valence-corrected chi connectivity index (χ0v) is 10.9. The van der Waals surface area contributed by atoms with E-state index < -0.39 is 0 Å². The minimum absolute atomic E-state index is 0.371. The molecule has 1 saturated heterocycles. The first-order chi connectivity index (χ1) is 8.40. The van der Waals surface area contributed by atoms with Crippen molar-refractivity contribution in [1.82, 2.24) is 4.90 Å². The number of benzene rings is 1. The number of fused-ring (bicyclic) bond motifs is 2. The molecule has 4 heteroatoms. The fourth-order valence-electron chi connectivity index (χ4n) is 2.43. The average Bonchev–Trinajstić information content (AvgIpc) is 3.01. The van der Waals surface area contributed by atoms with E-state index in [-0.39, 0.29) is 0 Å². The maximum Gasteiger partial charge on any atom is 0.160 e. The van der Waals surface area contributed by atoms with Crippen molar-refractivity contribution in [3.05, 3.63) is 35.2 Å². The number of thioether (sulfide) groups is 1. The summed E-state index contributed by atoms with van der Waals surface area (Å²) in [4.78, 5) is 8.66. The zero-order valence-electron chi connectivity index (χ0n) is 9.30. The topological polar surface area (TPSA) is 15.6 Å². The molecule has 3 heterocycles. The molecule has 2 nitrogen and oxygen atoms in total. The Morgan fingerprint density at radius 2 is 2.24 bits per heavy atom. The molecule has 0 unspecified atom stereocenters. The first kappa shape index (κ1) is 9.97. The van der Waals surface area contributed by atoms with Crippen LogP contribution in [0.1, 0.15) is 10.9 Å². The molecule has 0 radical (unpaired) electrons. The lowest BCUT2D eigenvalue weighted by atomic mass is 10.2. The minimum atomic E-state index is 0.371. The van der Waals surface area contributed by atoms with Gasteiger partial charge in [-0.2, -0.15) is 0 Å². The van der Waals surface area contributed by atoms with Crippen LogP contribution in [0.5, 0.6) is 0 Å². The van der Waals surface area contributed by atoms with Crippen molar-refractivity contribution in [2.75, 3.05) is 18.8 Å². The van der Waals surface area contributed by atoms with Gasteiger partial charge in [0, 0.05) is 28.4 Å². The molecule has 4 rings (SSSR count). The molecule has 0 amide bonds. The molecule has 2 aliphatic heterocycles. The maximum absolute atomic E-state index is 4.83. The summed E-state index contributed by atoms with van der Waals surface area (Å²) in [7, 11) is 0. The predicted octanol–water partition coefficient (Wildman–Crippen LogP) is 3.36. The van der Waals surface area contributed by atoms with Gasteiger partial charge in [0.15, 0.2) is 5.17 Å². The fourth-order valence-corrected chi connectivity index (χ4v) is 4.56. The van der Waals surface area contributed by atoms with Gasteiger partial charge in [-0.25, -0.2) is 0 Å². The van der Waals surface area contributed by atoms with Crippen LogP contribution in [0.4, 0.5) is 0 Å². The van der Waals surface area contributed by atoms with Gasteiger partial charge >= 0.3 is 0 Å². The molecule has 1 aromatic carbocycles. The Hall–Kier alpha value is -1.00. The summed E-state index contributed by atoms with van der Waals surface area (Å²) in [6.45, 7) is 2.25. The van der Waals surface area contributed by atoms with Crippen LogP contribution in [0, 0.1) is 0 Å². The standard InChI is InChI=1S/C13H12N2S2/c1-2-4-11-9(3-1)7-12(17-11)10-8-15-5-6-16-13(15)14-10/h1-4,7,10H,5-6,8H2/t10-/m0/s1. The van der Waals surface area contributed by atoms with Crippen LogP contribution in [-0.2, 0) is 0 Å². The number of amidine groups is 1. The van der Waals surface area contributed by atoms with Gasteiger partial charge in [-0.3, -0.25) is 4.99 Å². The Balaban J connectivity index is 1.73. The molecular formula is C13H12N2S2. The highest BCUT2D eigenvalue weighted by atomic mass is 32.2. The average molecular weight is 260 g/mol. The van der Waals surface area contributed by atoms with Crippen molar-refractivity contribution in [2.45, 2.75) is 6.04 Å². The number of thiophene rings is 1. The molecule has 0 saturated carbocycles. The van der Waals surface area contributed by atoms with Gasteiger partial charge in [0.1, 0.15) is 6.04 Å². The third kappa shape index (κ3) is 1.58. The van der Waals surface area contributed by atoms with E-state index in [1.54, 1.807) is 0 Å². The van der Waals surface area contributed by atoms with E-state index in [0.29, 0.717) is 6.04 Å². The van der Waals surface area contributed by atoms with Crippen LogP contribution < -0.4 is 0 Å². The van der Waals surface area contributed by atoms with Gasteiger partial charge in [0.25, 0.3) is 0 Å². The minimum Gasteiger partial charge on any atom is -0.348 e. The summed E-state index contributed by atoms with van der Waals surface area (Å²) < 4.78 is 1.38. The summed E-state index contributed by atoms with van der Waals surface area (Å²) >= 11 is 3.79. The van der Waals surface area contributed by atoms with E-state index in [4.69, 9.17) is 4.99 Å². The van der Waals surface area contributed by atoms with Crippen LogP contribution >= 0.6 is 23.1 Å². The van der Waals surface area contributed by atoms with Crippen molar-refractivity contribution in [3.63, 3.8) is 0 Å². The third-order valence-corrected chi connectivity index (χ3v) is 5.52. The van der Waals surface area contributed by atoms with Gasteiger partial charge in [0.05, 0.1) is 0 Å². The van der Waals surface area contributed by atoms with E-state index >= 15 is 0 Å². The molecule has 1 atom stereocenters. The number of hydrogen-bond donors (Lipinski definition) is 0. The SMILES string of the molecule is c1ccc2sc([C@@H]3CN4CCSC4=N3)cc2c1. The maximum atomic E-state index is 4.83. The Morgan fingerprint density at radius 1 is 1.29 bits per heavy atom. The van der Waals surface area contributed by atoms with Crippen molar-refractivity contribution in [1.29, 1.82) is 0 Å². The highest BCUT2D eigenvalue weighted by Crippen LogP contribution is 2.37. The van der Waals surface area contributed by atoms with Gasteiger partial charge in [0.2, 0.25) is 0 Å². The second-order valence-electron chi connectivity index (χ2n) is 4.41. The van der Waals surface area contributed by atoms with Crippen LogP contribution in [0.2, 0.25) is 0 Å². The Labute approximate surface area is 108 Å². The molecule has 1 aromatic heterocycles. The molecule has 0 bridgehead atoms. The lowest BCUT2D eigenvalue weighted by molar-refractivity contribution is 0.466. The van der Waals surface area contributed by atoms with Gasteiger partial charge in [-0.15, -0.1) is 11.3 Å². The fraction of sp³-hybridized carbons (Fsp3) is 0.308. The zero-order chi connectivity index (χ0) is 11.2. The Morgan fingerprint density at radius 3 is 3.12 bits per heavy atom. The number of nitrogens with zero attached hydrogens (tertiary/aromatic N) is 2. The second kappa shape index (κ2) is 3.75. The van der Waals surface area contributed by atoms with E-state index in [9.17, 15) is 0 Å². The van der Waals surface area contributed by atoms with E-state index in [1.165, 1.54) is 32.4 Å². The summed E-state index contributed by atoms with van der Waals surface area (Å²) in [6.07, 6.45) is 0. The first-order valence-electron chi connectivity index (χ1n) is 5.84. The molecule has 0 aliphatic carbocycles. The Bertz CT molecular complexity index is 569. The van der Waals surface area contributed by atoms with Crippen molar-refractivity contribution in [3.8, 4) is 0 Å². The predicted molar refractivity (Wildman–Crippen MR) is 76.0 cm³/mol. The summed E-state index contributed by atoms with van der Waals surface area (Å²) in [5.74, 6) is 1.21. The van der Waals surface area contributed by atoms with E-state index in [0.717, 1.165) is 6.54 Å². The third-order valence-electron chi connectivity index (χ3n) is 3.30.